The second kappa shape index (κ2) is 7.23. The minimum Gasteiger partial charge on any atom is -0.343 e. The van der Waals surface area contributed by atoms with Gasteiger partial charge in [0.25, 0.3) is 0 Å². The lowest BCUT2D eigenvalue weighted by atomic mass is 9.94. The van der Waals surface area contributed by atoms with Crippen LogP contribution in [0.15, 0.2) is 28.7 Å². The third kappa shape index (κ3) is 4.06. The van der Waals surface area contributed by atoms with E-state index in [2.05, 4.69) is 35.0 Å². The standard InChI is InChI=1S/C16H23BrN2O/c1-12(14-2-4-15(17)5-3-14)10-16(20)19-8-6-13(11-18)7-9-19/h2-5,12-13H,6-11,18H2,1H3. The molecule has 1 aliphatic rings. The van der Waals surface area contributed by atoms with Crippen molar-refractivity contribution in [3.8, 4) is 0 Å². The number of hydrogen-bond donors (Lipinski definition) is 1. The van der Waals surface area contributed by atoms with Crippen LogP contribution in [-0.2, 0) is 4.79 Å². The third-order valence-corrected chi connectivity index (χ3v) is 4.75. The molecule has 1 fully saturated rings. The topological polar surface area (TPSA) is 46.3 Å². The van der Waals surface area contributed by atoms with Crippen molar-refractivity contribution in [1.82, 2.24) is 4.90 Å². The van der Waals surface area contributed by atoms with Crippen molar-refractivity contribution >= 4 is 21.8 Å². The van der Waals surface area contributed by atoms with Crippen molar-refractivity contribution < 1.29 is 4.79 Å². The highest BCUT2D eigenvalue weighted by Crippen LogP contribution is 2.24. The molecule has 1 amide bonds. The Bertz CT molecular complexity index is 438. The van der Waals surface area contributed by atoms with E-state index in [1.54, 1.807) is 0 Å². The Hall–Kier alpha value is -0.870. The van der Waals surface area contributed by atoms with Gasteiger partial charge in [-0.05, 0) is 48.9 Å². The van der Waals surface area contributed by atoms with Crippen LogP contribution in [0.1, 0.15) is 37.7 Å². The summed E-state index contributed by atoms with van der Waals surface area (Å²) in [6.07, 6.45) is 2.69. The summed E-state index contributed by atoms with van der Waals surface area (Å²) in [7, 11) is 0. The predicted octanol–water partition coefficient (Wildman–Crippen LogP) is 3.14. The number of likely N-dealkylation sites (tertiary alicyclic amines) is 1. The fraction of sp³-hybridized carbons (Fsp3) is 0.562. The maximum absolute atomic E-state index is 12.3. The number of piperidine rings is 1. The first-order valence-corrected chi connectivity index (χ1v) is 8.12. The molecule has 2 rings (SSSR count). The second-order valence-electron chi connectivity index (χ2n) is 5.72. The Balaban J connectivity index is 1.86. The van der Waals surface area contributed by atoms with Crippen LogP contribution in [0.2, 0.25) is 0 Å². The summed E-state index contributed by atoms with van der Waals surface area (Å²) in [5, 5.41) is 0. The van der Waals surface area contributed by atoms with Crippen LogP contribution in [0.3, 0.4) is 0 Å². The number of carbonyl (C=O) groups excluding carboxylic acids is 1. The van der Waals surface area contributed by atoms with Crippen LogP contribution in [0.5, 0.6) is 0 Å². The first-order valence-electron chi connectivity index (χ1n) is 7.33. The van der Waals surface area contributed by atoms with Crippen LogP contribution in [0.25, 0.3) is 0 Å². The average molecular weight is 339 g/mol. The molecule has 1 atom stereocenters. The Kier molecular flexibility index (Phi) is 5.61. The predicted molar refractivity (Wildman–Crippen MR) is 85.5 cm³/mol. The molecule has 0 radical (unpaired) electrons. The molecule has 1 aliphatic heterocycles. The molecule has 20 heavy (non-hydrogen) atoms. The van der Waals surface area contributed by atoms with E-state index in [0.29, 0.717) is 12.3 Å². The number of benzene rings is 1. The molecule has 1 saturated heterocycles. The summed E-state index contributed by atoms with van der Waals surface area (Å²) in [5.41, 5.74) is 6.91. The Morgan fingerprint density at radius 1 is 1.35 bits per heavy atom. The van der Waals surface area contributed by atoms with E-state index in [1.807, 2.05) is 17.0 Å². The van der Waals surface area contributed by atoms with Crippen molar-refractivity contribution in [3.05, 3.63) is 34.3 Å². The van der Waals surface area contributed by atoms with E-state index >= 15 is 0 Å². The molecule has 2 N–H and O–H groups in total. The van der Waals surface area contributed by atoms with Crippen molar-refractivity contribution in [2.24, 2.45) is 11.7 Å². The summed E-state index contributed by atoms with van der Waals surface area (Å²) in [4.78, 5) is 14.3. The second-order valence-corrected chi connectivity index (χ2v) is 6.63. The largest absolute Gasteiger partial charge is 0.343 e. The van der Waals surface area contributed by atoms with Gasteiger partial charge in [-0.15, -0.1) is 0 Å². The van der Waals surface area contributed by atoms with Gasteiger partial charge < -0.3 is 10.6 Å². The number of halogens is 1. The van der Waals surface area contributed by atoms with E-state index < -0.39 is 0 Å². The normalized spacial score (nSPS) is 18.1. The van der Waals surface area contributed by atoms with Crippen LogP contribution < -0.4 is 5.73 Å². The van der Waals surface area contributed by atoms with Crippen molar-refractivity contribution in [2.45, 2.75) is 32.1 Å². The van der Waals surface area contributed by atoms with Crippen LogP contribution in [0.4, 0.5) is 0 Å². The maximum Gasteiger partial charge on any atom is 0.223 e. The van der Waals surface area contributed by atoms with Gasteiger partial charge in [0.05, 0.1) is 0 Å². The number of amides is 1. The van der Waals surface area contributed by atoms with Gasteiger partial charge in [0.15, 0.2) is 0 Å². The van der Waals surface area contributed by atoms with Gasteiger partial charge in [-0.1, -0.05) is 35.0 Å². The van der Waals surface area contributed by atoms with Gasteiger partial charge in [0, 0.05) is 24.0 Å². The molecule has 0 spiro atoms. The monoisotopic (exact) mass is 338 g/mol. The molecule has 0 aromatic heterocycles. The molecular weight excluding hydrogens is 316 g/mol. The van der Waals surface area contributed by atoms with Gasteiger partial charge >= 0.3 is 0 Å². The average Bonchev–Trinajstić information content (AvgIpc) is 2.48. The molecule has 0 bridgehead atoms. The highest BCUT2D eigenvalue weighted by Gasteiger charge is 2.23. The quantitative estimate of drug-likeness (QED) is 0.916. The van der Waals surface area contributed by atoms with Crippen molar-refractivity contribution in [3.63, 3.8) is 0 Å². The smallest absolute Gasteiger partial charge is 0.223 e. The van der Waals surface area contributed by atoms with Gasteiger partial charge in [-0.25, -0.2) is 0 Å². The number of carbonyl (C=O) groups is 1. The zero-order chi connectivity index (χ0) is 14.5. The van der Waals surface area contributed by atoms with Crippen molar-refractivity contribution in [1.29, 1.82) is 0 Å². The van der Waals surface area contributed by atoms with Gasteiger partial charge in [0.1, 0.15) is 0 Å². The van der Waals surface area contributed by atoms with E-state index in [9.17, 15) is 4.79 Å². The van der Waals surface area contributed by atoms with Crippen LogP contribution in [0, 0.1) is 5.92 Å². The maximum atomic E-state index is 12.3. The molecule has 1 heterocycles. The van der Waals surface area contributed by atoms with E-state index in [0.717, 1.165) is 36.9 Å². The Labute approximate surface area is 129 Å². The first-order chi connectivity index (χ1) is 9.60. The molecular formula is C16H23BrN2O. The van der Waals surface area contributed by atoms with E-state index in [1.165, 1.54) is 5.56 Å². The summed E-state index contributed by atoms with van der Waals surface area (Å²) >= 11 is 3.43. The molecule has 0 aliphatic carbocycles. The van der Waals surface area contributed by atoms with Crippen LogP contribution >= 0.6 is 15.9 Å². The highest BCUT2D eigenvalue weighted by molar-refractivity contribution is 9.10. The fourth-order valence-corrected chi connectivity index (χ4v) is 2.98. The lowest BCUT2D eigenvalue weighted by Crippen LogP contribution is -2.40. The SMILES string of the molecule is CC(CC(=O)N1CCC(CN)CC1)c1ccc(Br)cc1. The molecule has 3 nitrogen and oxygen atoms in total. The summed E-state index contributed by atoms with van der Waals surface area (Å²) in [5.74, 6) is 1.14. The summed E-state index contributed by atoms with van der Waals surface area (Å²) < 4.78 is 1.07. The van der Waals surface area contributed by atoms with Gasteiger partial charge in [-0.3, -0.25) is 4.79 Å². The number of rotatable bonds is 4. The zero-order valence-corrected chi connectivity index (χ0v) is 13.6. The molecule has 0 saturated carbocycles. The zero-order valence-electron chi connectivity index (χ0n) is 12.0. The number of hydrogen-bond acceptors (Lipinski definition) is 2. The van der Waals surface area contributed by atoms with E-state index in [4.69, 9.17) is 5.73 Å². The number of nitrogens with two attached hydrogens (primary N) is 1. The minimum atomic E-state index is 0.267. The number of nitrogens with zero attached hydrogens (tertiary/aromatic N) is 1. The summed E-state index contributed by atoms with van der Waals surface area (Å²) in [6, 6.07) is 8.23. The van der Waals surface area contributed by atoms with Crippen LogP contribution in [-0.4, -0.2) is 30.4 Å². The highest BCUT2D eigenvalue weighted by atomic mass is 79.9. The Morgan fingerprint density at radius 3 is 2.50 bits per heavy atom. The third-order valence-electron chi connectivity index (χ3n) is 4.22. The molecule has 1 aromatic carbocycles. The van der Waals surface area contributed by atoms with Crippen molar-refractivity contribution in [2.75, 3.05) is 19.6 Å². The molecule has 1 unspecified atom stereocenters. The van der Waals surface area contributed by atoms with E-state index in [-0.39, 0.29) is 11.8 Å². The molecule has 4 heteroatoms. The lowest BCUT2D eigenvalue weighted by Gasteiger charge is -2.32. The fourth-order valence-electron chi connectivity index (χ4n) is 2.72. The Morgan fingerprint density at radius 2 is 1.95 bits per heavy atom. The molecule has 1 aromatic rings. The summed E-state index contributed by atoms with van der Waals surface area (Å²) in [6.45, 7) is 4.60. The van der Waals surface area contributed by atoms with Gasteiger partial charge in [-0.2, -0.15) is 0 Å². The minimum absolute atomic E-state index is 0.267. The first kappa shape index (κ1) is 15.5. The van der Waals surface area contributed by atoms with Gasteiger partial charge in [0.2, 0.25) is 5.91 Å². The lowest BCUT2D eigenvalue weighted by molar-refractivity contribution is -0.132. The molecule has 110 valence electrons.